The van der Waals surface area contributed by atoms with Crippen LogP contribution >= 0.6 is 11.6 Å². The Morgan fingerprint density at radius 2 is 1.76 bits per heavy atom. The van der Waals surface area contributed by atoms with Gasteiger partial charge in [0.1, 0.15) is 11.5 Å². The molecule has 0 aliphatic heterocycles. The van der Waals surface area contributed by atoms with Crippen LogP contribution in [-0.2, 0) is 0 Å². The summed E-state index contributed by atoms with van der Waals surface area (Å²) in [6.07, 6.45) is 0. The molecule has 0 aliphatic carbocycles. The van der Waals surface area contributed by atoms with E-state index in [-0.39, 0.29) is 6.04 Å². The molecule has 112 valence electrons. The Morgan fingerprint density at radius 3 is 2.29 bits per heavy atom. The first-order chi connectivity index (χ1) is 9.88. The quantitative estimate of drug-likeness (QED) is 0.799. The molecule has 0 fully saturated rings. The van der Waals surface area contributed by atoms with Gasteiger partial charge in [0, 0.05) is 6.04 Å². The van der Waals surface area contributed by atoms with Gasteiger partial charge in [0.2, 0.25) is 0 Å². The minimum absolute atomic E-state index is 0.0379. The number of hydrogen-bond acceptors (Lipinski definition) is 2. The van der Waals surface area contributed by atoms with Gasteiger partial charge in [-0.05, 0) is 60.7 Å². The first kappa shape index (κ1) is 15.9. The third-order valence-corrected chi connectivity index (χ3v) is 3.87. The molecule has 0 amide bonds. The first-order valence-electron chi connectivity index (χ1n) is 7.22. The van der Waals surface area contributed by atoms with Gasteiger partial charge in [0.05, 0.1) is 5.02 Å². The largest absolute Gasteiger partial charge is 0.456 e. The third kappa shape index (κ3) is 3.78. The lowest BCUT2D eigenvalue weighted by atomic mass is 9.98. The van der Waals surface area contributed by atoms with Crippen molar-refractivity contribution in [3.05, 3.63) is 58.1 Å². The summed E-state index contributed by atoms with van der Waals surface area (Å²) < 4.78 is 5.89. The van der Waals surface area contributed by atoms with E-state index in [9.17, 15) is 0 Å². The maximum atomic E-state index is 6.26. The molecule has 0 heterocycles. The lowest BCUT2D eigenvalue weighted by molar-refractivity contribution is 0.481. The average Bonchev–Trinajstić information content (AvgIpc) is 2.40. The highest BCUT2D eigenvalue weighted by atomic mass is 35.5. The highest BCUT2D eigenvalue weighted by Crippen LogP contribution is 2.32. The fraction of sp³-hybridized carbons (Fsp3) is 0.333. The van der Waals surface area contributed by atoms with Crippen molar-refractivity contribution in [2.45, 2.75) is 39.7 Å². The molecule has 0 aromatic heterocycles. The van der Waals surface area contributed by atoms with Gasteiger partial charge in [-0.1, -0.05) is 37.6 Å². The summed E-state index contributed by atoms with van der Waals surface area (Å²) in [5, 5.41) is 0.579. The van der Waals surface area contributed by atoms with Crippen LogP contribution in [0.4, 0.5) is 0 Å². The molecule has 0 aliphatic rings. The fourth-order valence-corrected chi connectivity index (χ4v) is 2.60. The summed E-state index contributed by atoms with van der Waals surface area (Å²) in [4.78, 5) is 0. The number of rotatable bonds is 4. The molecule has 0 radical (unpaired) electrons. The Labute approximate surface area is 131 Å². The van der Waals surface area contributed by atoms with Gasteiger partial charge in [0.15, 0.2) is 0 Å². The highest BCUT2D eigenvalue weighted by Gasteiger charge is 2.09. The molecule has 2 rings (SSSR count). The minimum atomic E-state index is -0.0379. The maximum absolute atomic E-state index is 6.26. The van der Waals surface area contributed by atoms with E-state index in [0.717, 1.165) is 11.3 Å². The molecular weight excluding hydrogens is 282 g/mol. The van der Waals surface area contributed by atoms with Crippen molar-refractivity contribution in [2.75, 3.05) is 0 Å². The Hall–Kier alpha value is -1.51. The average molecular weight is 304 g/mol. The van der Waals surface area contributed by atoms with E-state index in [1.807, 2.05) is 37.3 Å². The van der Waals surface area contributed by atoms with Crippen LogP contribution in [0, 0.1) is 6.92 Å². The molecule has 2 aromatic carbocycles. The summed E-state index contributed by atoms with van der Waals surface area (Å²) in [5.41, 5.74) is 9.41. The zero-order valence-electron chi connectivity index (χ0n) is 13.0. The van der Waals surface area contributed by atoms with E-state index in [1.165, 1.54) is 11.1 Å². The summed E-state index contributed by atoms with van der Waals surface area (Å²) in [6.45, 7) is 8.40. The van der Waals surface area contributed by atoms with Crippen molar-refractivity contribution in [1.82, 2.24) is 0 Å². The summed E-state index contributed by atoms with van der Waals surface area (Å²) in [7, 11) is 0. The van der Waals surface area contributed by atoms with E-state index >= 15 is 0 Å². The summed E-state index contributed by atoms with van der Waals surface area (Å²) in [6, 6.07) is 11.8. The molecular formula is C18H22ClNO. The normalized spacial score (nSPS) is 12.5. The maximum Gasteiger partial charge on any atom is 0.146 e. The second-order valence-corrected chi connectivity index (χ2v) is 6.16. The van der Waals surface area contributed by atoms with E-state index < -0.39 is 0 Å². The van der Waals surface area contributed by atoms with Crippen molar-refractivity contribution < 1.29 is 4.74 Å². The first-order valence-corrected chi connectivity index (χ1v) is 7.59. The van der Waals surface area contributed by atoms with Crippen LogP contribution in [-0.4, -0.2) is 0 Å². The number of halogens is 1. The van der Waals surface area contributed by atoms with Crippen LogP contribution in [0.1, 0.15) is 49.4 Å². The lowest BCUT2D eigenvalue weighted by Crippen LogP contribution is -2.04. The van der Waals surface area contributed by atoms with Crippen molar-refractivity contribution in [2.24, 2.45) is 5.73 Å². The third-order valence-electron chi connectivity index (χ3n) is 3.57. The van der Waals surface area contributed by atoms with Crippen LogP contribution in [0.2, 0.25) is 5.02 Å². The van der Waals surface area contributed by atoms with E-state index in [1.54, 1.807) is 0 Å². The van der Waals surface area contributed by atoms with E-state index in [0.29, 0.717) is 16.7 Å². The predicted molar refractivity (Wildman–Crippen MR) is 89.4 cm³/mol. The molecule has 0 bridgehead atoms. The SMILES string of the molecule is Cc1cc(Oc2ccc(C(C)N)cc2Cl)ccc1C(C)C. The van der Waals surface area contributed by atoms with Crippen LogP contribution in [0.25, 0.3) is 0 Å². The van der Waals surface area contributed by atoms with Gasteiger partial charge in [-0.25, -0.2) is 0 Å². The van der Waals surface area contributed by atoms with Gasteiger partial charge >= 0.3 is 0 Å². The van der Waals surface area contributed by atoms with Gasteiger partial charge in [-0.2, -0.15) is 0 Å². The second-order valence-electron chi connectivity index (χ2n) is 5.75. The number of hydrogen-bond donors (Lipinski definition) is 1. The Kier molecular flexibility index (Phi) is 4.92. The smallest absolute Gasteiger partial charge is 0.146 e. The zero-order chi connectivity index (χ0) is 15.6. The van der Waals surface area contributed by atoms with Crippen molar-refractivity contribution in [3.8, 4) is 11.5 Å². The highest BCUT2D eigenvalue weighted by molar-refractivity contribution is 6.32. The standard InChI is InChI=1S/C18H22ClNO/c1-11(2)16-7-6-15(9-12(16)3)21-18-8-5-14(13(4)20)10-17(18)19/h5-11,13H,20H2,1-4H3. The molecule has 21 heavy (non-hydrogen) atoms. The van der Waals surface area contributed by atoms with Crippen LogP contribution in [0.3, 0.4) is 0 Å². The molecule has 2 aromatic rings. The molecule has 2 nitrogen and oxygen atoms in total. The number of benzene rings is 2. The zero-order valence-corrected chi connectivity index (χ0v) is 13.7. The van der Waals surface area contributed by atoms with Gasteiger partial charge in [0.25, 0.3) is 0 Å². The Balaban J connectivity index is 2.24. The lowest BCUT2D eigenvalue weighted by Gasteiger charge is -2.14. The summed E-state index contributed by atoms with van der Waals surface area (Å²) in [5.74, 6) is 1.96. The van der Waals surface area contributed by atoms with Crippen LogP contribution < -0.4 is 10.5 Å². The van der Waals surface area contributed by atoms with Crippen molar-refractivity contribution >= 4 is 11.6 Å². The topological polar surface area (TPSA) is 35.2 Å². The van der Waals surface area contributed by atoms with E-state index in [2.05, 4.69) is 26.8 Å². The fourth-order valence-electron chi connectivity index (χ4n) is 2.37. The van der Waals surface area contributed by atoms with E-state index in [4.69, 9.17) is 22.1 Å². The monoisotopic (exact) mass is 303 g/mol. The van der Waals surface area contributed by atoms with Gasteiger partial charge in [-0.15, -0.1) is 0 Å². The molecule has 3 heteroatoms. The number of aryl methyl sites for hydroxylation is 1. The van der Waals surface area contributed by atoms with Crippen molar-refractivity contribution in [1.29, 1.82) is 0 Å². The molecule has 1 atom stereocenters. The Bertz CT molecular complexity index is 635. The summed E-state index contributed by atoms with van der Waals surface area (Å²) >= 11 is 6.26. The Morgan fingerprint density at radius 1 is 1.05 bits per heavy atom. The minimum Gasteiger partial charge on any atom is -0.456 e. The number of ether oxygens (including phenoxy) is 1. The van der Waals surface area contributed by atoms with Gasteiger partial charge in [-0.3, -0.25) is 0 Å². The molecule has 0 saturated heterocycles. The van der Waals surface area contributed by atoms with Crippen molar-refractivity contribution in [3.63, 3.8) is 0 Å². The second kappa shape index (κ2) is 6.50. The molecule has 1 unspecified atom stereocenters. The van der Waals surface area contributed by atoms with Gasteiger partial charge < -0.3 is 10.5 Å². The molecule has 0 spiro atoms. The predicted octanol–water partition coefficient (Wildman–Crippen LogP) is 5.58. The number of nitrogens with two attached hydrogens (primary N) is 1. The van der Waals surface area contributed by atoms with Crippen LogP contribution in [0.5, 0.6) is 11.5 Å². The molecule has 2 N–H and O–H groups in total. The molecule has 0 saturated carbocycles. The van der Waals surface area contributed by atoms with Crippen LogP contribution in [0.15, 0.2) is 36.4 Å².